The first-order chi connectivity index (χ1) is 12.6. The van der Waals surface area contributed by atoms with Crippen molar-refractivity contribution in [3.8, 4) is 0 Å². The Balaban J connectivity index is 1.95. The Hall–Kier alpha value is -2.92. The molecule has 0 fully saturated rings. The molecule has 0 aliphatic heterocycles. The average molecular weight is 365 g/mol. The lowest BCUT2D eigenvalue weighted by Gasteiger charge is -2.07. The van der Waals surface area contributed by atoms with Crippen LogP contribution < -0.4 is 5.32 Å². The van der Waals surface area contributed by atoms with Gasteiger partial charge in [-0.15, -0.1) is 11.3 Å². The average Bonchev–Trinajstić information content (AvgIpc) is 3.03. The van der Waals surface area contributed by atoms with Gasteiger partial charge in [-0.05, 0) is 18.1 Å². The molecule has 1 aromatic heterocycles. The van der Waals surface area contributed by atoms with Crippen LogP contribution in [0, 0.1) is 6.92 Å². The zero-order chi connectivity index (χ0) is 18.5. The van der Waals surface area contributed by atoms with E-state index in [1.165, 1.54) is 18.4 Å². The number of ether oxygens (including phenoxy) is 1. The van der Waals surface area contributed by atoms with Gasteiger partial charge in [0, 0.05) is 12.1 Å². The highest BCUT2D eigenvalue weighted by Crippen LogP contribution is 2.35. The number of nitrogens with one attached hydrogen (secondary N) is 1. The molecule has 4 nitrogen and oxygen atoms in total. The Kier molecular flexibility index (Phi) is 5.49. The van der Waals surface area contributed by atoms with Crippen LogP contribution in [0.2, 0.25) is 0 Å². The van der Waals surface area contributed by atoms with Gasteiger partial charge in [-0.1, -0.05) is 60.7 Å². The summed E-state index contributed by atoms with van der Waals surface area (Å²) in [6.07, 6.45) is 0. The Labute approximate surface area is 156 Å². The molecule has 0 aliphatic carbocycles. The van der Waals surface area contributed by atoms with Crippen molar-refractivity contribution in [3.63, 3.8) is 0 Å². The molecule has 0 saturated heterocycles. The quantitative estimate of drug-likeness (QED) is 0.509. The smallest absolute Gasteiger partial charge is 0.341 e. The van der Waals surface area contributed by atoms with E-state index in [-0.39, 0.29) is 5.78 Å². The summed E-state index contributed by atoms with van der Waals surface area (Å²) in [4.78, 5) is 25.7. The maximum atomic E-state index is 12.8. The highest BCUT2D eigenvalue weighted by molar-refractivity contribution is 7.18. The van der Waals surface area contributed by atoms with Crippen LogP contribution in [0.15, 0.2) is 60.7 Å². The number of benzene rings is 2. The molecular weight excluding hydrogens is 346 g/mol. The number of carbonyl (C=O) groups is 2. The lowest BCUT2D eigenvalue weighted by molar-refractivity contribution is 0.0601. The third kappa shape index (κ3) is 3.68. The number of ketones is 1. The SMILES string of the molecule is COC(=O)c1c(NCc2ccccc2)sc(C(=O)c2ccccc2)c1C. The fourth-order valence-electron chi connectivity index (χ4n) is 2.70. The first-order valence-electron chi connectivity index (χ1n) is 8.21. The zero-order valence-electron chi connectivity index (χ0n) is 14.6. The van der Waals surface area contributed by atoms with E-state index in [2.05, 4.69) is 5.32 Å². The summed E-state index contributed by atoms with van der Waals surface area (Å²) in [6.45, 7) is 2.34. The molecule has 26 heavy (non-hydrogen) atoms. The largest absolute Gasteiger partial charge is 0.465 e. The van der Waals surface area contributed by atoms with Gasteiger partial charge in [0.05, 0.1) is 17.6 Å². The standard InChI is InChI=1S/C21H19NO3S/c1-14-17(21(24)25-2)20(22-13-15-9-5-3-6-10-15)26-19(14)18(23)16-11-7-4-8-12-16/h3-12,22H,13H2,1-2H3. The third-order valence-corrected chi connectivity index (χ3v) is 5.32. The first kappa shape index (κ1) is 17.9. The van der Waals surface area contributed by atoms with E-state index in [9.17, 15) is 9.59 Å². The molecule has 0 amide bonds. The van der Waals surface area contributed by atoms with E-state index in [0.29, 0.717) is 33.1 Å². The number of hydrogen-bond acceptors (Lipinski definition) is 5. The molecule has 0 bridgehead atoms. The van der Waals surface area contributed by atoms with Gasteiger partial charge in [0.25, 0.3) is 0 Å². The van der Waals surface area contributed by atoms with Gasteiger partial charge in [0.2, 0.25) is 5.78 Å². The predicted molar refractivity (Wildman–Crippen MR) is 104 cm³/mol. The fourth-order valence-corrected chi connectivity index (χ4v) is 3.85. The maximum absolute atomic E-state index is 12.8. The van der Waals surface area contributed by atoms with E-state index in [0.717, 1.165) is 5.56 Å². The summed E-state index contributed by atoms with van der Waals surface area (Å²) >= 11 is 1.29. The number of thiophene rings is 1. The molecule has 1 N–H and O–H groups in total. The summed E-state index contributed by atoms with van der Waals surface area (Å²) in [7, 11) is 1.35. The van der Waals surface area contributed by atoms with Gasteiger partial charge in [0.1, 0.15) is 5.00 Å². The second-order valence-corrected chi connectivity index (χ2v) is 6.81. The summed E-state index contributed by atoms with van der Waals surface area (Å²) in [5, 5.41) is 3.93. The van der Waals surface area contributed by atoms with Crippen molar-refractivity contribution >= 4 is 28.1 Å². The van der Waals surface area contributed by atoms with Crippen molar-refractivity contribution < 1.29 is 14.3 Å². The number of anilines is 1. The van der Waals surface area contributed by atoms with E-state index in [4.69, 9.17) is 4.74 Å². The van der Waals surface area contributed by atoms with Crippen molar-refractivity contribution in [2.45, 2.75) is 13.5 Å². The van der Waals surface area contributed by atoms with E-state index >= 15 is 0 Å². The van der Waals surface area contributed by atoms with Crippen LogP contribution in [-0.2, 0) is 11.3 Å². The van der Waals surface area contributed by atoms with Gasteiger partial charge in [-0.2, -0.15) is 0 Å². The Bertz CT molecular complexity index is 917. The summed E-state index contributed by atoms with van der Waals surface area (Å²) in [5.41, 5.74) is 2.76. The van der Waals surface area contributed by atoms with Crippen LogP contribution in [0.25, 0.3) is 0 Å². The minimum absolute atomic E-state index is 0.0917. The highest BCUT2D eigenvalue weighted by atomic mass is 32.1. The molecule has 132 valence electrons. The summed E-state index contributed by atoms with van der Waals surface area (Å²) in [5.74, 6) is -0.535. The van der Waals surface area contributed by atoms with Gasteiger partial charge in [-0.25, -0.2) is 4.79 Å². The van der Waals surface area contributed by atoms with E-state index < -0.39 is 5.97 Å². The molecule has 0 saturated carbocycles. The lowest BCUT2D eigenvalue weighted by atomic mass is 10.0. The molecular formula is C21H19NO3S. The van der Waals surface area contributed by atoms with Crippen LogP contribution in [0.4, 0.5) is 5.00 Å². The molecule has 0 atom stereocenters. The number of carbonyl (C=O) groups excluding carboxylic acids is 2. The second kappa shape index (κ2) is 7.97. The maximum Gasteiger partial charge on any atom is 0.341 e. The van der Waals surface area contributed by atoms with Crippen molar-refractivity contribution in [1.29, 1.82) is 0 Å². The molecule has 3 rings (SSSR count). The number of rotatable bonds is 6. The van der Waals surface area contributed by atoms with Crippen LogP contribution in [0.5, 0.6) is 0 Å². The topological polar surface area (TPSA) is 55.4 Å². The number of methoxy groups -OCH3 is 1. The van der Waals surface area contributed by atoms with E-state index in [1.54, 1.807) is 19.1 Å². The van der Waals surface area contributed by atoms with Gasteiger partial charge < -0.3 is 10.1 Å². The molecule has 3 aromatic rings. The number of hydrogen-bond donors (Lipinski definition) is 1. The van der Waals surface area contributed by atoms with Gasteiger partial charge in [-0.3, -0.25) is 4.79 Å². The van der Waals surface area contributed by atoms with Gasteiger partial charge >= 0.3 is 5.97 Å². The van der Waals surface area contributed by atoms with Crippen molar-refractivity contribution in [2.75, 3.05) is 12.4 Å². The third-order valence-electron chi connectivity index (χ3n) is 4.07. The van der Waals surface area contributed by atoms with Crippen molar-refractivity contribution in [1.82, 2.24) is 0 Å². The number of esters is 1. The van der Waals surface area contributed by atoms with Crippen LogP contribution in [0.3, 0.4) is 0 Å². The van der Waals surface area contributed by atoms with Crippen LogP contribution in [-0.4, -0.2) is 18.9 Å². The predicted octanol–water partition coefficient (Wildman–Crippen LogP) is 4.69. The molecule has 5 heteroatoms. The van der Waals surface area contributed by atoms with Crippen molar-refractivity contribution in [3.05, 3.63) is 87.8 Å². The second-order valence-electron chi connectivity index (χ2n) is 5.79. The first-order valence-corrected chi connectivity index (χ1v) is 9.02. The summed E-state index contributed by atoms with van der Waals surface area (Å²) < 4.78 is 4.93. The fraction of sp³-hybridized carbons (Fsp3) is 0.143. The van der Waals surface area contributed by atoms with Crippen LogP contribution in [0.1, 0.15) is 36.7 Å². The monoisotopic (exact) mass is 365 g/mol. The zero-order valence-corrected chi connectivity index (χ0v) is 15.4. The van der Waals surface area contributed by atoms with Gasteiger partial charge in [0.15, 0.2) is 0 Å². The Morgan fingerprint density at radius 1 is 1.00 bits per heavy atom. The lowest BCUT2D eigenvalue weighted by Crippen LogP contribution is -2.08. The molecule has 0 radical (unpaired) electrons. The minimum atomic E-state index is -0.443. The van der Waals surface area contributed by atoms with Crippen LogP contribution >= 0.6 is 11.3 Å². The van der Waals surface area contributed by atoms with E-state index in [1.807, 2.05) is 48.5 Å². The normalized spacial score (nSPS) is 10.4. The molecule has 0 spiro atoms. The summed E-state index contributed by atoms with van der Waals surface area (Å²) in [6, 6.07) is 18.9. The molecule has 2 aromatic carbocycles. The minimum Gasteiger partial charge on any atom is -0.465 e. The van der Waals surface area contributed by atoms with Crippen molar-refractivity contribution in [2.24, 2.45) is 0 Å². The Morgan fingerprint density at radius 3 is 2.23 bits per heavy atom. The molecule has 1 heterocycles. The Morgan fingerprint density at radius 2 is 1.62 bits per heavy atom. The molecule has 0 aliphatic rings. The highest BCUT2D eigenvalue weighted by Gasteiger charge is 2.25. The molecule has 0 unspecified atom stereocenters.